The summed E-state index contributed by atoms with van der Waals surface area (Å²) < 4.78 is 44.1. The van der Waals surface area contributed by atoms with E-state index in [0.717, 1.165) is 24.3 Å². The number of rotatable bonds is 7. The molecule has 1 atom stereocenters. The molecule has 2 aromatic rings. The fourth-order valence-electron chi connectivity index (χ4n) is 2.09. The van der Waals surface area contributed by atoms with E-state index in [2.05, 4.69) is 10.0 Å². The fraction of sp³-hybridized carbons (Fsp3) is 0.167. The van der Waals surface area contributed by atoms with Gasteiger partial charge in [-0.05, 0) is 49.4 Å². The minimum absolute atomic E-state index is 0.219. The Bertz CT molecular complexity index is 1020. The second-order valence-corrected chi connectivity index (χ2v) is 7.36. The highest BCUT2D eigenvalue weighted by atomic mass is 32.2. The molecule has 0 saturated carbocycles. The summed E-state index contributed by atoms with van der Waals surface area (Å²) in [5.74, 6) is -2.22. The summed E-state index contributed by atoms with van der Waals surface area (Å²) in [6.07, 6.45) is 0. The van der Waals surface area contributed by atoms with Crippen molar-refractivity contribution in [1.29, 1.82) is 5.26 Å². The molecule has 0 radical (unpaired) electrons. The zero-order valence-corrected chi connectivity index (χ0v) is 15.5. The lowest BCUT2D eigenvalue weighted by atomic mass is 10.2. The third-order valence-corrected chi connectivity index (χ3v) is 4.99. The molecule has 0 heterocycles. The summed E-state index contributed by atoms with van der Waals surface area (Å²) in [5.41, 5.74) is 0.698. The van der Waals surface area contributed by atoms with Gasteiger partial charge in [0.15, 0.2) is 6.61 Å². The van der Waals surface area contributed by atoms with Gasteiger partial charge in [-0.1, -0.05) is 6.07 Å². The number of nitrogens with one attached hydrogen (secondary N) is 2. The molecule has 0 spiro atoms. The van der Waals surface area contributed by atoms with E-state index in [9.17, 15) is 22.4 Å². The minimum atomic E-state index is -4.06. The zero-order chi connectivity index (χ0) is 20.7. The predicted molar refractivity (Wildman–Crippen MR) is 96.9 cm³/mol. The molecular formula is C18H16FN3O5S. The molecule has 0 aliphatic heterocycles. The summed E-state index contributed by atoms with van der Waals surface area (Å²) >= 11 is 0. The second kappa shape index (κ2) is 9.07. The Balaban J connectivity index is 1.88. The van der Waals surface area contributed by atoms with E-state index < -0.39 is 40.4 Å². The molecule has 0 saturated heterocycles. The van der Waals surface area contributed by atoms with E-state index >= 15 is 0 Å². The van der Waals surface area contributed by atoms with E-state index in [1.807, 2.05) is 6.07 Å². The zero-order valence-electron chi connectivity index (χ0n) is 14.7. The molecule has 0 aromatic heterocycles. The van der Waals surface area contributed by atoms with Crippen molar-refractivity contribution in [2.24, 2.45) is 0 Å². The molecule has 10 heteroatoms. The number of halogens is 1. The lowest BCUT2D eigenvalue weighted by Crippen LogP contribution is -2.40. The van der Waals surface area contributed by atoms with Crippen molar-refractivity contribution in [2.75, 3.05) is 11.9 Å². The quantitative estimate of drug-likeness (QED) is 0.673. The third kappa shape index (κ3) is 5.87. The number of esters is 1. The summed E-state index contributed by atoms with van der Waals surface area (Å²) in [4.78, 5) is 23.5. The lowest BCUT2D eigenvalue weighted by molar-refractivity contribution is -0.148. The number of anilines is 1. The van der Waals surface area contributed by atoms with Crippen molar-refractivity contribution in [3.05, 3.63) is 59.9 Å². The first-order valence-corrected chi connectivity index (χ1v) is 9.44. The molecule has 0 bridgehead atoms. The van der Waals surface area contributed by atoms with E-state index in [4.69, 9.17) is 10.00 Å². The van der Waals surface area contributed by atoms with Crippen molar-refractivity contribution >= 4 is 27.6 Å². The average molecular weight is 405 g/mol. The van der Waals surface area contributed by atoms with Crippen LogP contribution in [0.1, 0.15) is 12.5 Å². The van der Waals surface area contributed by atoms with Crippen LogP contribution in [-0.2, 0) is 24.3 Å². The van der Waals surface area contributed by atoms with Crippen LogP contribution in [0.2, 0.25) is 0 Å². The van der Waals surface area contributed by atoms with Gasteiger partial charge in [0, 0.05) is 5.69 Å². The van der Waals surface area contributed by atoms with Crippen LogP contribution < -0.4 is 10.0 Å². The Morgan fingerprint density at radius 2 is 1.89 bits per heavy atom. The molecule has 1 amide bonds. The first-order valence-electron chi connectivity index (χ1n) is 7.96. The van der Waals surface area contributed by atoms with E-state index in [1.165, 1.54) is 13.0 Å². The number of hydrogen-bond donors (Lipinski definition) is 2. The Hall–Kier alpha value is -3.29. The van der Waals surface area contributed by atoms with E-state index in [0.29, 0.717) is 11.3 Å². The highest BCUT2D eigenvalue weighted by molar-refractivity contribution is 7.89. The number of hydrogen-bond acceptors (Lipinski definition) is 6. The van der Waals surface area contributed by atoms with Gasteiger partial charge in [0.25, 0.3) is 5.91 Å². The highest BCUT2D eigenvalue weighted by Gasteiger charge is 2.23. The summed E-state index contributed by atoms with van der Waals surface area (Å²) in [6.45, 7) is 0.607. The minimum Gasteiger partial charge on any atom is -0.454 e. The second-order valence-electron chi connectivity index (χ2n) is 5.65. The van der Waals surface area contributed by atoms with Crippen LogP contribution >= 0.6 is 0 Å². The maximum atomic E-state index is 12.9. The van der Waals surface area contributed by atoms with Crippen molar-refractivity contribution < 1.29 is 27.1 Å². The number of sulfonamides is 1. The van der Waals surface area contributed by atoms with Crippen LogP contribution in [0.25, 0.3) is 0 Å². The predicted octanol–water partition coefficient (Wildman–Crippen LogP) is 1.55. The molecule has 0 unspecified atom stereocenters. The molecule has 28 heavy (non-hydrogen) atoms. The number of benzene rings is 2. The number of carbonyl (C=O) groups is 2. The largest absolute Gasteiger partial charge is 0.454 e. The van der Waals surface area contributed by atoms with Gasteiger partial charge in [0.2, 0.25) is 10.0 Å². The van der Waals surface area contributed by atoms with Crippen LogP contribution in [0, 0.1) is 17.1 Å². The lowest BCUT2D eigenvalue weighted by Gasteiger charge is -2.14. The molecule has 8 nitrogen and oxygen atoms in total. The fourth-order valence-corrected chi connectivity index (χ4v) is 3.28. The highest BCUT2D eigenvalue weighted by Crippen LogP contribution is 2.11. The van der Waals surface area contributed by atoms with Crippen molar-refractivity contribution in [1.82, 2.24) is 4.72 Å². The summed E-state index contributed by atoms with van der Waals surface area (Å²) in [5, 5.41) is 11.3. The third-order valence-electron chi connectivity index (χ3n) is 3.43. The standard InChI is InChI=1S/C18H16FN3O5S/c1-12(22-28(25,26)16-7-5-14(19)6-8-16)18(24)27-11-17(23)21-15-4-2-3-13(9-15)10-20/h2-9,12,22H,11H2,1H3,(H,21,23)/t12-/m0/s1. The number of carbonyl (C=O) groups excluding carboxylic acids is 2. The van der Waals surface area contributed by atoms with Crippen LogP contribution in [0.4, 0.5) is 10.1 Å². The molecular weight excluding hydrogens is 389 g/mol. The van der Waals surface area contributed by atoms with Crippen molar-refractivity contribution in [3.63, 3.8) is 0 Å². The molecule has 0 fully saturated rings. The van der Waals surface area contributed by atoms with Gasteiger partial charge in [-0.15, -0.1) is 0 Å². The maximum Gasteiger partial charge on any atom is 0.324 e. The molecule has 0 aliphatic rings. The topological polar surface area (TPSA) is 125 Å². The summed E-state index contributed by atoms with van der Waals surface area (Å²) in [7, 11) is -4.06. The molecule has 2 N–H and O–H groups in total. The van der Waals surface area contributed by atoms with Crippen molar-refractivity contribution in [3.8, 4) is 6.07 Å². The Morgan fingerprint density at radius 1 is 1.21 bits per heavy atom. The molecule has 2 rings (SSSR count). The number of ether oxygens (including phenoxy) is 1. The summed E-state index contributed by atoms with van der Waals surface area (Å²) in [6, 6.07) is 10.8. The first kappa shape index (κ1) is 21.0. The normalized spacial score (nSPS) is 11.9. The van der Waals surface area contributed by atoms with Crippen LogP contribution in [-0.4, -0.2) is 32.9 Å². The molecule has 0 aliphatic carbocycles. The van der Waals surface area contributed by atoms with E-state index in [-0.39, 0.29) is 4.90 Å². The van der Waals surface area contributed by atoms with Crippen LogP contribution in [0.3, 0.4) is 0 Å². The van der Waals surface area contributed by atoms with Crippen LogP contribution in [0.15, 0.2) is 53.4 Å². The molecule has 2 aromatic carbocycles. The Labute approximate surface area is 161 Å². The van der Waals surface area contributed by atoms with Gasteiger partial charge in [-0.25, -0.2) is 12.8 Å². The number of nitrogens with zero attached hydrogens (tertiary/aromatic N) is 1. The smallest absolute Gasteiger partial charge is 0.324 e. The van der Waals surface area contributed by atoms with Gasteiger partial charge in [0.05, 0.1) is 16.5 Å². The number of nitriles is 1. The van der Waals surface area contributed by atoms with Crippen LogP contribution in [0.5, 0.6) is 0 Å². The Morgan fingerprint density at radius 3 is 2.54 bits per heavy atom. The Kier molecular flexibility index (Phi) is 6.81. The van der Waals surface area contributed by atoms with E-state index in [1.54, 1.807) is 18.2 Å². The van der Waals surface area contributed by atoms with Crippen molar-refractivity contribution in [2.45, 2.75) is 17.9 Å². The monoisotopic (exact) mass is 405 g/mol. The first-order chi connectivity index (χ1) is 13.2. The average Bonchev–Trinajstić information content (AvgIpc) is 2.66. The van der Waals surface area contributed by atoms with Gasteiger partial charge in [-0.2, -0.15) is 9.98 Å². The number of amides is 1. The van der Waals surface area contributed by atoms with Gasteiger partial charge < -0.3 is 10.1 Å². The molecule has 146 valence electrons. The SMILES string of the molecule is C[C@H](NS(=O)(=O)c1ccc(F)cc1)C(=O)OCC(=O)Nc1cccc(C#N)c1. The maximum absolute atomic E-state index is 12.9. The van der Waals surface area contributed by atoms with Gasteiger partial charge in [0.1, 0.15) is 11.9 Å². The van der Waals surface area contributed by atoms with Gasteiger partial charge in [-0.3, -0.25) is 9.59 Å². The van der Waals surface area contributed by atoms with Gasteiger partial charge >= 0.3 is 5.97 Å².